The topological polar surface area (TPSA) is 81.1 Å². The largest absolute Gasteiger partial charge is 0.480 e. The molecule has 1 aromatic heterocycles. The van der Waals surface area contributed by atoms with E-state index in [0.29, 0.717) is 10.2 Å². The molecule has 0 saturated heterocycles. The van der Waals surface area contributed by atoms with Gasteiger partial charge in [0.05, 0.1) is 15.9 Å². The Labute approximate surface area is 83.7 Å². The molecule has 1 heterocycles. The van der Waals surface area contributed by atoms with Gasteiger partial charge in [0, 0.05) is 7.05 Å². The Bertz CT molecular complexity index is 348. The average Bonchev–Trinajstić information content (AvgIpc) is 2.26. The molecule has 0 radical (unpaired) electrons. The number of aromatic nitrogens is 2. The normalized spacial score (nSPS) is 12.9. The Balaban J connectivity index is 3.20. The van der Waals surface area contributed by atoms with Crippen molar-refractivity contribution in [1.29, 1.82) is 0 Å². The van der Waals surface area contributed by atoms with Crippen LogP contribution < -0.4 is 5.73 Å². The lowest BCUT2D eigenvalue weighted by Gasteiger charge is -2.06. The van der Waals surface area contributed by atoms with Crippen LogP contribution in [0.4, 0.5) is 0 Å². The number of aliphatic carboxylic acids is 1. The van der Waals surface area contributed by atoms with Crippen molar-refractivity contribution in [3.05, 3.63) is 15.9 Å². The SMILES string of the molecule is Cc1nn(C)c(C(N)C(=O)O)c1Br. The number of carbonyl (C=O) groups is 1. The van der Waals surface area contributed by atoms with Gasteiger partial charge in [-0.25, -0.2) is 0 Å². The fraction of sp³-hybridized carbons (Fsp3) is 0.429. The van der Waals surface area contributed by atoms with Crippen molar-refractivity contribution in [3.63, 3.8) is 0 Å². The molecule has 0 amide bonds. The molecule has 0 aliphatic carbocycles. The van der Waals surface area contributed by atoms with Crippen LogP contribution >= 0.6 is 15.9 Å². The maximum absolute atomic E-state index is 10.6. The summed E-state index contributed by atoms with van der Waals surface area (Å²) in [7, 11) is 1.66. The molecule has 0 fully saturated rings. The summed E-state index contributed by atoms with van der Waals surface area (Å²) in [6.07, 6.45) is 0. The third-order valence-corrected chi connectivity index (χ3v) is 2.73. The summed E-state index contributed by atoms with van der Waals surface area (Å²) < 4.78 is 2.13. The number of hydrogen-bond acceptors (Lipinski definition) is 3. The zero-order valence-corrected chi connectivity index (χ0v) is 8.87. The first-order valence-electron chi connectivity index (χ1n) is 3.62. The molecule has 0 aliphatic heterocycles. The van der Waals surface area contributed by atoms with Gasteiger partial charge < -0.3 is 10.8 Å². The van der Waals surface area contributed by atoms with E-state index < -0.39 is 12.0 Å². The smallest absolute Gasteiger partial charge is 0.326 e. The summed E-state index contributed by atoms with van der Waals surface area (Å²) in [5.74, 6) is -1.07. The highest BCUT2D eigenvalue weighted by molar-refractivity contribution is 9.10. The third-order valence-electron chi connectivity index (χ3n) is 1.75. The lowest BCUT2D eigenvalue weighted by atomic mass is 10.2. The van der Waals surface area contributed by atoms with Crippen molar-refractivity contribution in [2.24, 2.45) is 12.8 Å². The lowest BCUT2D eigenvalue weighted by Crippen LogP contribution is -2.23. The fourth-order valence-corrected chi connectivity index (χ4v) is 1.69. The Morgan fingerprint density at radius 2 is 2.31 bits per heavy atom. The molecule has 72 valence electrons. The summed E-state index contributed by atoms with van der Waals surface area (Å²) in [4.78, 5) is 10.6. The van der Waals surface area contributed by atoms with Crippen molar-refractivity contribution in [2.75, 3.05) is 0 Å². The van der Waals surface area contributed by atoms with Crippen molar-refractivity contribution in [3.8, 4) is 0 Å². The van der Waals surface area contributed by atoms with E-state index in [1.807, 2.05) is 0 Å². The summed E-state index contributed by atoms with van der Waals surface area (Å²) in [6.45, 7) is 1.78. The summed E-state index contributed by atoms with van der Waals surface area (Å²) in [6, 6.07) is -1.04. The minimum Gasteiger partial charge on any atom is -0.480 e. The van der Waals surface area contributed by atoms with Gasteiger partial charge in [-0.15, -0.1) is 0 Å². The second-order valence-electron chi connectivity index (χ2n) is 2.72. The van der Waals surface area contributed by atoms with E-state index in [4.69, 9.17) is 10.8 Å². The Kier molecular flexibility index (Phi) is 2.72. The van der Waals surface area contributed by atoms with Crippen molar-refractivity contribution in [1.82, 2.24) is 9.78 Å². The van der Waals surface area contributed by atoms with Gasteiger partial charge in [-0.3, -0.25) is 9.48 Å². The van der Waals surface area contributed by atoms with Gasteiger partial charge in [0.25, 0.3) is 0 Å². The van der Waals surface area contributed by atoms with Crippen LogP contribution in [0.3, 0.4) is 0 Å². The third kappa shape index (κ3) is 1.73. The number of nitrogens with two attached hydrogens (primary N) is 1. The number of halogens is 1. The van der Waals surface area contributed by atoms with Gasteiger partial charge in [0.15, 0.2) is 0 Å². The molecule has 6 heteroatoms. The summed E-state index contributed by atoms with van der Waals surface area (Å²) >= 11 is 3.24. The van der Waals surface area contributed by atoms with Crippen LogP contribution in [0.1, 0.15) is 17.4 Å². The Morgan fingerprint density at radius 3 is 2.62 bits per heavy atom. The molecular weight excluding hydrogens is 238 g/mol. The van der Waals surface area contributed by atoms with Gasteiger partial charge in [-0.05, 0) is 22.9 Å². The van der Waals surface area contributed by atoms with Gasteiger partial charge in [0.1, 0.15) is 6.04 Å². The maximum atomic E-state index is 10.6. The van der Waals surface area contributed by atoms with E-state index in [0.717, 1.165) is 5.69 Å². The van der Waals surface area contributed by atoms with Crippen molar-refractivity contribution < 1.29 is 9.90 Å². The highest BCUT2D eigenvalue weighted by Crippen LogP contribution is 2.24. The first-order valence-corrected chi connectivity index (χ1v) is 4.41. The molecule has 3 N–H and O–H groups in total. The first kappa shape index (κ1) is 10.2. The molecule has 0 saturated carbocycles. The average molecular weight is 248 g/mol. The quantitative estimate of drug-likeness (QED) is 0.801. The summed E-state index contributed by atoms with van der Waals surface area (Å²) in [5.41, 5.74) is 6.67. The zero-order chi connectivity index (χ0) is 10.2. The minimum atomic E-state index is -1.07. The van der Waals surface area contributed by atoms with E-state index >= 15 is 0 Å². The Hall–Kier alpha value is -0.880. The monoisotopic (exact) mass is 247 g/mol. The molecule has 0 aliphatic rings. The van der Waals surface area contributed by atoms with Crippen LogP contribution in [0.5, 0.6) is 0 Å². The number of nitrogens with zero attached hydrogens (tertiary/aromatic N) is 2. The Morgan fingerprint density at radius 1 is 1.77 bits per heavy atom. The highest BCUT2D eigenvalue weighted by Gasteiger charge is 2.22. The van der Waals surface area contributed by atoms with E-state index in [-0.39, 0.29) is 0 Å². The van der Waals surface area contributed by atoms with Gasteiger partial charge >= 0.3 is 5.97 Å². The molecule has 0 bridgehead atoms. The molecule has 0 aromatic carbocycles. The van der Waals surface area contributed by atoms with Crippen LogP contribution in [0, 0.1) is 6.92 Å². The highest BCUT2D eigenvalue weighted by atomic mass is 79.9. The predicted octanol–water partition coefficient (Wildman–Crippen LogP) is 0.575. The molecule has 5 nitrogen and oxygen atoms in total. The van der Waals surface area contributed by atoms with Crippen LogP contribution in [0.15, 0.2) is 4.47 Å². The lowest BCUT2D eigenvalue weighted by molar-refractivity contribution is -0.138. The molecular formula is C7H10BrN3O2. The fourth-order valence-electron chi connectivity index (χ4n) is 1.10. The molecule has 13 heavy (non-hydrogen) atoms. The maximum Gasteiger partial charge on any atom is 0.326 e. The number of hydrogen-bond donors (Lipinski definition) is 2. The molecule has 0 spiro atoms. The van der Waals surface area contributed by atoms with Crippen LogP contribution in [-0.2, 0) is 11.8 Å². The second-order valence-corrected chi connectivity index (χ2v) is 3.52. The number of carboxylic acid groups (broad SMARTS) is 1. The van der Waals surface area contributed by atoms with E-state index in [1.54, 1.807) is 14.0 Å². The van der Waals surface area contributed by atoms with Crippen LogP contribution in [0.2, 0.25) is 0 Å². The molecule has 1 unspecified atom stereocenters. The number of aryl methyl sites for hydroxylation is 2. The number of rotatable bonds is 2. The van der Waals surface area contributed by atoms with Crippen molar-refractivity contribution >= 4 is 21.9 Å². The second kappa shape index (κ2) is 3.47. The molecule has 1 atom stereocenters. The van der Waals surface area contributed by atoms with Crippen LogP contribution in [-0.4, -0.2) is 20.9 Å². The van der Waals surface area contributed by atoms with Gasteiger partial charge in [-0.1, -0.05) is 0 Å². The van der Waals surface area contributed by atoms with Crippen molar-refractivity contribution in [2.45, 2.75) is 13.0 Å². The standard InChI is InChI=1S/C7H10BrN3O2/c1-3-4(8)6(11(2)10-3)5(9)7(12)13/h5H,9H2,1-2H3,(H,12,13). The van der Waals surface area contributed by atoms with E-state index in [2.05, 4.69) is 21.0 Å². The predicted molar refractivity (Wildman–Crippen MR) is 50.2 cm³/mol. The van der Waals surface area contributed by atoms with E-state index in [1.165, 1.54) is 4.68 Å². The molecule has 1 aromatic rings. The minimum absolute atomic E-state index is 0.477. The number of carboxylic acids is 1. The van der Waals surface area contributed by atoms with Gasteiger partial charge in [0.2, 0.25) is 0 Å². The first-order chi connectivity index (χ1) is 5.95. The van der Waals surface area contributed by atoms with Gasteiger partial charge in [-0.2, -0.15) is 5.10 Å². The molecule has 1 rings (SSSR count). The van der Waals surface area contributed by atoms with Crippen LogP contribution in [0.25, 0.3) is 0 Å². The summed E-state index contributed by atoms with van der Waals surface area (Å²) in [5, 5.41) is 12.7. The zero-order valence-electron chi connectivity index (χ0n) is 7.28. The van der Waals surface area contributed by atoms with E-state index in [9.17, 15) is 4.79 Å².